The van der Waals surface area contributed by atoms with Gasteiger partial charge in [0.2, 0.25) is 0 Å². The number of thiazole rings is 1. The number of benzene rings is 1. The van der Waals surface area contributed by atoms with E-state index in [2.05, 4.69) is 25.7 Å². The van der Waals surface area contributed by atoms with Crippen LogP contribution in [0.2, 0.25) is 0 Å². The second kappa shape index (κ2) is 6.78. The van der Waals surface area contributed by atoms with E-state index >= 15 is 0 Å². The molecule has 1 heterocycles. The number of hydrogen-bond donors (Lipinski definition) is 0. The Morgan fingerprint density at radius 3 is 2.86 bits per heavy atom. The van der Waals surface area contributed by atoms with Gasteiger partial charge in [0.25, 0.3) is 0 Å². The predicted molar refractivity (Wildman–Crippen MR) is 81.1 cm³/mol. The molecule has 21 heavy (non-hydrogen) atoms. The molecule has 0 unspecified atom stereocenters. The first-order valence-electron chi connectivity index (χ1n) is 5.78. The van der Waals surface area contributed by atoms with Crippen LogP contribution in [-0.2, 0) is 0 Å². The van der Waals surface area contributed by atoms with Crippen LogP contribution in [0.15, 0.2) is 28.1 Å². The number of ether oxygens (including phenoxy) is 1. The first-order valence-corrected chi connectivity index (χ1v) is 7.45. The number of halogens is 3. The van der Waals surface area contributed by atoms with E-state index in [9.17, 15) is 14.0 Å². The molecule has 0 saturated heterocycles. The molecule has 0 bridgehead atoms. The van der Waals surface area contributed by atoms with Crippen molar-refractivity contribution in [2.45, 2.75) is 13.5 Å². The van der Waals surface area contributed by atoms with E-state index in [-0.39, 0.29) is 5.75 Å². The average molecular weight is 371 g/mol. The maximum Gasteiger partial charge on any atom is 0.387 e. The standard InChI is InChI=1S/C14H9BrF2N2OS/c1-8-7-21-13(19-8)10(6-18)4-9-5-11(15)2-3-12(9)20-14(16)17/h2-5,7,14H,1H3/b10-4-. The van der Waals surface area contributed by atoms with Gasteiger partial charge in [-0.2, -0.15) is 14.0 Å². The Bertz CT molecular complexity index is 722. The van der Waals surface area contributed by atoms with Gasteiger partial charge in [-0.1, -0.05) is 15.9 Å². The van der Waals surface area contributed by atoms with Crippen LogP contribution in [0.3, 0.4) is 0 Å². The minimum absolute atomic E-state index is 0.00854. The highest BCUT2D eigenvalue weighted by molar-refractivity contribution is 9.10. The average Bonchev–Trinajstić information content (AvgIpc) is 2.85. The summed E-state index contributed by atoms with van der Waals surface area (Å²) in [6.45, 7) is -1.11. The maximum atomic E-state index is 12.4. The van der Waals surface area contributed by atoms with Crippen LogP contribution in [0, 0.1) is 18.3 Å². The van der Waals surface area contributed by atoms with Gasteiger partial charge in [-0.05, 0) is 31.2 Å². The maximum absolute atomic E-state index is 12.4. The SMILES string of the molecule is Cc1csc(/C(C#N)=C\c2cc(Br)ccc2OC(F)F)n1. The van der Waals surface area contributed by atoms with Gasteiger partial charge in [0.05, 0.1) is 5.57 Å². The molecule has 0 spiro atoms. The zero-order valence-electron chi connectivity index (χ0n) is 10.8. The molecule has 3 nitrogen and oxygen atoms in total. The normalized spacial score (nSPS) is 11.5. The minimum atomic E-state index is -2.93. The van der Waals surface area contributed by atoms with Crippen molar-refractivity contribution in [3.63, 3.8) is 0 Å². The van der Waals surface area contributed by atoms with Crippen molar-refractivity contribution < 1.29 is 13.5 Å². The number of aromatic nitrogens is 1. The van der Waals surface area contributed by atoms with Gasteiger partial charge in [0.1, 0.15) is 16.8 Å². The fourth-order valence-electron chi connectivity index (χ4n) is 1.61. The van der Waals surface area contributed by atoms with Gasteiger partial charge in [-0.15, -0.1) is 11.3 Å². The number of alkyl halides is 2. The first-order chi connectivity index (χ1) is 9.99. The summed E-state index contributed by atoms with van der Waals surface area (Å²) >= 11 is 4.59. The molecule has 0 fully saturated rings. The number of nitrogens with zero attached hydrogens (tertiary/aromatic N) is 2. The summed E-state index contributed by atoms with van der Waals surface area (Å²) in [6, 6.07) is 6.65. The number of aryl methyl sites for hydroxylation is 1. The number of allylic oxidation sites excluding steroid dienone is 1. The first kappa shape index (κ1) is 15.6. The Hall–Kier alpha value is -1.78. The summed E-state index contributed by atoms with van der Waals surface area (Å²) in [7, 11) is 0. The van der Waals surface area contributed by atoms with Crippen LogP contribution in [0.25, 0.3) is 11.6 Å². The molecule has 0 aliphatic heterocycles. The van der Waals surface area contributed by atoms with E-state index in [1.165, 1.54) is 23.5 Å². The van der Waals surface area contributed by atoms with E-state index in [1.807, 2.05) is 18.4 Å². The Morgan fingerprint density at radius 1 is 1.52 bits per heavy atom. The summed E-state index contributed by atoms with van der Waals surface area (Å²) in [6.07, 6.45) is 1.49. The second-order valence-corrected chi connectivity index (χ2v) is 5.80. The third-order valence-corrected chi connectivity index (χ3v) is 3.94. The molecule has 7 heteroatoms. The summed E-state index contributed by atoms with van der Waals surface area (Å²) in [4.78, 5) is 4.22. The van der Waals surface area contributed by atoms with Crippen LogP contribution < -0.4 is 4.74 Å². The lowest BCUT2D eigenvalue weighted by Crippen LogP contribution is -2.03. The van der Waals surface area contributed by atoms with Gasteiger partial charge < -0.3 is 4.74 Å². The van der Waals surface area contributed by atoms with Crippen molar-refractivity contribution in [3.8, 4) is 11.8 Å². The quantitative estimate of drug-likeness (QED) is 0.720. The zero-order valence-corrected chi connectivity index (χ0v) is 13.2. The third kappa shape index (κ3) is 4.09. The molecule has 0 N–H and O–H groups in total. The molecule has 0 saturated carbocycles. The Balaban J connectivity index is 2.46. The van der Waals surface area contributed by atoms with Crippen molar-refractivity contribution in [3.05, 3.63) is 44.3 Å². The van der Waals surface area contributed by atoms with Crippen LogP contribution >= 0.6 is 27.3 Å². The van der Waals surface area contributed by atoms with E-state index in [1.54, 1.807) is 12.1 Å². The van der Waals surface area contributed by atoms with Crippen molar-refractivity contribution in [2.75, 3.05) is 0 Å². The van der Waals surface area contributed by atoms with E-state index in [4.69, 9.17) is 0 Å². The van der Waals surface area contributed by atoms with Crippen molar-refractivity contribution in [1.82, 2.24) is 4.98 Å². The molecule has 0 aliphatic rings. The third-order valence-electron chi connectivity index (χ3n) is 2.46. The van der Waals surface area contributed by atoms with Crippen molar-refractivity contribution in [1.29, 1.82) is 5.26 Å². The molecular weight excluding hydrogens is 362 g/mol. The number of rotatable bonds is 4. The molecule has 0 aliphatic carbocycles. The summed E-state index contributed by atoms with van der Waals surface area (Å²) < 4.78 is 30.0. The van der Waals surface area contributed by atoms with Gasteiger partial charge in [-0.25, -0.2) is 4.98 Å². The smallest absolute Gasteiger partial charge is 0.387 e. The van der Waals surface area contributed by atoms with Gasteiger partial charge in [0, 0.05) is 21.1 Å². The van der Waals surface area contributed by atoms with Crippen molar-refractivity contribution in [2.24, 2.45) is 0 Å². The lowest BCUT2D eigenvalue weighted by Gasteiger charge is -2.08. The largest absolute Gasteiger partial charge is 0.434 e. The van der Waals surface area contributed by atoms with Crippen LogP contribution in [0.4, 0.5) is 8.78 Å². The molecule has 0 atom stereocenters. The molecule has 1 aromatic carbocycles. The van der Waals surface area contributed by atoms with Gasteiger partial charge in [-0.3, -0.25) is 0 Å². The lowest BCUT2D eigenvalue weighted by molar-refractivity contribution is -0.0499. The van der Waals surface area contributed by atoms with Crippen LogP contribution in [0.1, 0.15) is 16.3 Å². The second-order valence-electron chi connectivity index (χ2n) is 4.02. The molecule has 1 aromatic heterocycles. The Morgan fingerprint density at radius 2 is 2.29 bits per heavy atom. The highest BCUT2D eigenvalue weighted by Crippen LogP contribution is 2.29. The molecule has 0 radical (unpaired) electrons. The van der Waals surface area contributed by atoms with Gasteiger partial charge >= 0.3 is 6.61 Å². The monoisotopic (exact) mass is 370 g/mol. The van der Waals surface area contributed by atoms with Crippen LogP contribution in [0.5, 0.6) is 5.75 Å². The fraction of sp³-hybridized carbons (Fsp3) is 0.143. The Labute approximate surface area is 132 Å². The summed E-state index contributed by atoms with van der Waals surface area (Å²) in [5, 5.41) is 11.6. The van der Waals surface area contributed by atoms with Gasteiger partial charge in [0.15, 0.2) is 0 Å². The fourth-order valence-corrected chi connectivity index (χ4v) is 2.75. The number of nitriles is 1. The molecule has 2 aromatic rings. The molecular formula is C14H9BrF2N2OS. The zero-order chi connectivity index (χ0) is 15.4. The number of hydrogen-bond acceptors (Lipinski definition) is 4. The van der Waals surface area contributed by atoms with Crippen LogP contribution in [-0.4, -0.2) is 11.6 Å². The predicted octanol–water partition coefficient (Wildman–Crippen LogP) is 4.88. The molecule has 0 amide bonds. The topological polar surface area (TPSA) is 45.9 Å². The van der Waals surface area contributed by atoms with E-state index in [0.717, 1.165) is 5.69 Å². The van der Waals surface area contributed by atoms with Crippen molar-refractivity contribution >= 4 is 38.9 Å². The van der Waals surface area contributed by atoms with E-state index < -0.39 is 6.61 Å². The molecule has 108 valence electrons. The lowest BCUT2D eigenvalue weighted by atomic mass is 10.1. The van der Waals surface area contributed by atoms with E-state index in [0.29, 0.717) is 20.6 Å². The summed E-state index contributed by atoms with van der Waals surface area (Å²) in [5.41, 5.74) is 1.48. The highest BCUT2D eigenvalue weighted by Gasteiger charge is 2.12. The highest BCUT2D eigenvalue weighted by atomic mass is 79.9. The Kier molecular flexibility index (Phi) is 5.04. The minimum Gasteiger partial charge on any atom is -0.434 e. The molecule has 2 rings (SSSR count). The summed E-state index contributed by atoms with van der Waals surface area (Å²) in [5.74, 6) is 0.00854.